The summed E-state index contributed by atoms with van der Waals surface area (Å²) in [7, 11) is 0. The lowest BCUT2D eigenvalue weighted by atomic mass is 9.88. The van der Waals surface area contributed by atoms with Crippen molar-refractivity contribution in [3.05, 3.63) is 0 Å². The van der Waals surface area contributed by atoms with Crippen LogP contribution >= 0.6 is 0 Å². The van der Waals surface area contributed by atoms with Gasteiger partial charge in [-0.1, -0.05) is 20.8 Å². The maximum absolute atomic E-state index is 10.4. The molecule has 4 N–H and O–H groups in total. The second-order valence-electron chi connectivity index (χ2n) is 3.46. The van der Waals surface area contributed by atoms with E-state index in [2.05, 4.69) is 0 Å². The molecule has 0 bridgehead atoms. The van der Waals surface area contributed by atoms with Crippen molar-refractivity contribution in [1.29, 1.82) is 0 Å². The van der Waals surface area contributed by atoms with E-state index in [4.69, 9.17) is 10.8 Å². The molecule has 0 spiro atoms. The molecule has 0 unspecified atom stereocenters. The van der Waals surface area contributed by atoms with Crippen LogP contribution < -0.4 is 5.73 Å². The zero-order valence-electron chi connectivity index (χ0n) is 7.69. The number of carboxylic acid groups (broad SMARTS) is 1. The quantitative estimate of drug-likeness (QED) is 0.563. The molecule has 0 amide bonds. The average molecular weight is 175 g/mol. The highest BCUT2D eigenvalue weighted by molar-refractivity contribution is 5.73. The molecular formula is C8H17NO3. The van der Waals surface area contributed by atoms with E-state index in [-0.39, 0.29) is 11.8 Å². The summed E-state index contributed by atoms with van der Waals surface area (Å²) in [6, 6.07) is -1.18. The van der Waals surface area contributed by atoms with Crippen molar-refractivity contribution in [3.8, 4) is 0 Å². The fourth-order valence-electron chi connectivity index (χ4n) is 0.867. The Bertz CT molecular complexity index is 158. The second-order valence-corrected chi connectivity index (χ2v) is 3.46. The Labute approximate surface area is 72.4 Å². The van der Waals surface area contributed by atoms with Crippen molar-refractivity contribution < 1.29 is 15.0 Å². The molecule has 0 saturated carbocycles. The van der Waals surface area contributed by atoms with Gasteiger partial charge in [-0.15, -0.1) is 0 Å². The van der Waals surface area contributed by atoms with E-state index in [1.54, 1.807) is 6.92 Å². The molecule has 0 aliphatic carbocycles. The lowest BCUT2D eigenvalue weighted by Crippen LogP contribution is -2.46. The van der Waals surface area contributed by atoms with Gasteiger partial charge >= 0.3 is 5.97 Å². The summed E-state index contributed by atoms with van der Waals surface area (Å²) in [4.78, 5) is 10.4. The smallest absolute Gasteiger partial charge is 0.323 e. The molecule has 4 nitrogen and oxygen atoms in total. The number of nitrogens with two attached hydrogens (primary N) is 1. The number of aliphatic carboxylic acids is 1. The van der Waals surface area contributed by atoms with Crippen molar-refractivity contribution in [2.75, 3.05) is 0 Å². The van der Waals surface area contributed by atoms with Gasteiger partial charge in [0.05, 0.1) is 6.10 Å². The van der Waals surface area contributed by atoms with Crippen LogP contribution in [0.2, 0.25) is 0 Å². The van der Waals surface area contributed by atoms with Crippen LogP contribution in [0, 0.1) is 11.8 Å². The van der Waals surface area contributed by atoms with Crippen LogP contribution in [-0.4, -0.2) is 28.3 Å². The van der Waals surface area contributed by atoms with Gasteiger partial charge in [0.1, 0.15) is 6.04 Å². The molecule has 0 radical (unpaired) electrons. The third-order valence-corrected chi connectivity index (χ3v) is 2.24. The normalized spacial score (nSPS) is 18.8. The summed E-state index contributed by atoms with van der Waals surface area (Å²) in [6.07, 6.45) is -0.970. The van der Waals surface area contributed by atoms with Crippen molar-refractivity contribution in [2.45, 2.75) is 32.9 Å². The molecule has 0 aliphatic heterocycles. The van der Waals surface area contributed by atoms with Crippen molar-refractivity contribution >= 4 is 5.97 Å². The minimum Gasteiger partial charge on any atom is -0.480 e. The second kappa shape index (κ2) is 4.42. The molecule has 0 heterocycles. The first kappa shape index (κ1) is 11.4. The largest absolute Gasteiger partial charge is 0.480 e. The summed E-state index contributed by atoms with van der Waals surface area (Å²) >= 11 is 0. The molecule has 0 fully saturated rings. The number of carbonyl (C=O) groups is 1. The van der Waals surface area contributed by atoms with Gasteiger partial charge in [-0.3, -0.25) is 4.79 Å². The molecular weight excluding hydrogens is 158 g/mol. The minimum absolute atomic E-state index is 0.101. The lowest BCUT2D eigenvalue weighted by molar-refractivity contribution is -0.142. The molecule has 72 valence electrons. The van der Waals surface area contributed by atoms with Gasteiger partial charge in [0.15, 0.2) is 0 Å². The van der Waals surface area contributed by atoms with Crippen LogP contribution in [0.15, 0.2) is 0 Å². The Kier molecular flexibility index (Phi) is 4.20. The third kappa shape index (κ3) is 2.79. The SMILES string of the molecule is CC(C)[C@H](C)[C@@H](O)[C@@H](N)C(=O)O. The average Bonchev–Trinajstić information content (AvgIpc) is 2.00. The Hall–Kier alpha value is -0.610. The number of carboxylic acids is 1. The summed E-state index contributed by atoms with van der Waals surface area (Å²) in [5.41, 5.74) is 5.25. The molecule has 12 heavy (non-hydrogen) atoms. The summed E-state index contributed by atoms with van der Waals surface area (Å²) in [6.45, 7) is 5.63. The van der Waals surface area contributed by atoms with E-state index >= 15 is 0 Å². The molecule has 0 aliphatic rings. The minimum atomic E-state index is -1.18. The number of aliphatic hydroxyl groups is 1. The first-order valence-corrected chi connectivity index (χ1v) is 4.04. The molecule has 3 atom stereocenters. The Balaban J connectivity index is 4.18. The summed E-state index contributed by atoms with van der Waals surface area (Å²) < 4.78 is 0. The first-order valence-electron chi connectivity index (χ1n) is 4.04. The van der Waals surface area contributed by atoms with Crippen molar-refractivity contribution in [2.24, 2.45) is 17.6 Å². The standard InChI is InChI=1S/C8H17NO3/c1-4(2)5(3)7(10)6(9)8(11)12/h4-7,10H,9H2,1-3H3,(H,11,12)/t5-,6+,7+/m0/s1. The van der Waals surface area contributed by atoms with E-state index in [1.807, 2.05) is 13.8 Å². The van der Waals surface area contributed by atoms with Gasteiger partial charge in [-0.2, -0.15) is 0 Å². The fourth-order valence-corrected chi connectivity index (χ4v) is 0.867. The highest BCUT2D eigenvalue weighted by atomic mass is 16.4. The van der Waals surface area contributed by atoms with Gasteiger partial charge in [-0.25, -0.2) is 0 Å². The summed E-state index contributed by atoms with van der Waals surface area (Å²) in [5, 5.41) is 17.9. The van der Waals surface area contributed by atoms with E-state index in [0.717, 1.165) is 0 Å². The monoisotopic (exact) mass is 175 g/mol. The van der Waals surface area contributed by atoms with Crippen molar-refractivity contribution in [3.63, 3.8) is 0 Å². The zero-order chi connectivity index (χ0) is 9.89. The maximum Gasteiger partial charge on any atom is 0.323 e. The van der Waals surface area contributed by atoms with E-state index in [0.29, 0.717) is 0 Å². The van der Waals surface area contributed by atoms with Crippen LogP contribution in [0.1, 0.15) is 20.8 Å². The van der Waals surface area contributed by atoms with Gasteiger partial charge in [0, 0.05) is 0 Å². The lowest BCUT2D eigenvalue weighted by Gasteiger charge is -2.24. The third-order valence-electron chi connectivity index (χ3n) is 2.24. The van der Waals surface area contributed by atoms with Crippen molar-refractivity contribution in [1.82, 2.24) is 0 Å². The van der Waals surface area contributed by atoms with Crippen LogP contribution in [-0.2, 0) is 4.79 Å². The highest BCUT2D eigenvalue weighted by Gasteiger charge is 2.28. The van der Waals surface area contributed by atoms with Gasteiger partial charge in [0.25, 0.3) is 0 Å². The van der Waals surface area contributed by atoms with E-state index < -0.39 is 18.1 Å². The Morgan fingerprint density at radius 2 is 1.75 bits per heavy atom. The number of aliphatic hydroxyl groups excluding tert-OH is 1. The van der Waals surface area contributed by atoms with E-state index in [1.165, 1.54) is 0 Å². The molecule has 0 saturated heterocycles. The first-order chi connectivity index (χ1) is 5.37. The molecule has 0 rings (SSSR count). The number of hydrogen-bond donors (Lipinski definition) is 3. The van der Waals surface area contributed by atoms with Crippen LogP contribution in [0.5, 0.6) is 0 Å². The van der Waals surface area contributed by atoms with Gasteiger partial charge in [0.2, 0.25) is 0 Å². The number of rotatable bonds is 4. The zero-order valence-corrected chi connectivity index (χ0v) is 7.69. The Morgan fingerprint density at radius 1 is 1.33 bits per heavy atom. The summed E-state index contributed by atoms with van der Waals surface area (Å²) in [5.74, 6) is -1.03. The molecule has 0 aromatic rings. The van der Waals surface area contributed by atoms with Gasteiger partial charge < -0.3 is 15.9 Å². The van der Waals surface area contributed by atoms with Crippen LogP contribution in [0.4, 0.5) is 0 Å². The maximum atomic E-state index is 10.4. The van der Waals surface area contributed by atoms with Crippen LogP contribution in [0.25, 0.3) is 0 Å². The molecule has 0 aromatic carbocycles. The van der Waals surface area contributed by atoms with Crippen LogP contribution in [0.3, 0.4) is 0 Å². The highest BCUT2D eigenvalue weighted by Crippen LogP contribution is 2.16. The van der Waals surface area contributed by atoms with E-state index in [9.17, 15) is 9.90 Å². The number of hydrogen-bond acceptors (Lipinski definition) is 3. The Morgan fingerprint density at radius 3 is 2.00 bits per heavy atom. The molecule has 0 aromatic heterocycles. The fraction of sp³-hybridized carbons (Fsp3) is 0.875. The predicted molar refractivity (Wildman–Crippen MR) is 45.6 cm³/mol. The predicted octanol–water partition coefficient (Wildman–Crippen LogP) is 0.0513. The van der Waals surface area contributed by atoms with Gasteiger partial charge in [-0.05, 0) is 11.8 Å². The molecule has 4 heteroatoms. The topological polar surface area (TPSA) is 83.5 Å².